The summed E-state index contributed by atoms with van der Waals surface area (Å²) in [4.78, 5) is 10.3. The lowest BCUT2D eigenvalue weighted by atomic mass is 10.4. The van der Waals surface area contributed by atoms with E-state index in [4.69, 9.17) is 10.3 Å². The van der Waals surface area contributed by atoms with Crippen LogP contribution in [0.15, 0.2) is 11.2 Å². The average molecular weight is 179 g/mol. The lowest BCUT2D eigenvalue weighted by molar-refractivity contribution is 0.326. The summed E-state index contributed by atoms with van der Waals surface area (Å²) in [7, 11) is 0. The molecule has 1 aromatic heterocycles. The maximum absolute atomic E-state index is 8.17. The van der Waals surface area contributed by atoms with Crippen molar-refractivity contribution in [2.45, 2.75) is 13.8 Å². The molecule has 0 spiro atoms. The second-order valence-electron chi connectivity index (χ2n) is 2.27. The number of hydrogen-bond donors (Lipinski definition) is 0. The summed E-state index contributed by atoms with van der Waals surface area (Å²) in [5.41, 5.74) is 8.88. The van der Waals surface area contributed by atoms with Gasteiger partial charge in [0, 0.05) is 16.7 Å². The van der Waals surface area contributed by atoms with Crippen molar-refractivity contribution in [3.63, 3.8) is 0 Å². The first-order chi connectivity index (χ1) is 6.26. The van der Waals surface area contributed by atoms with E-state index < -0.39 is 0 Å². The summed E-state index contributed by atoms with van der Waals surface area (Å²) in [6.07, 6.45) is 0. The van der Waals surface area contributed by atoms with Crippen molar-refractivity contribution in [3.05, 3.63) is 22.2 Å². The molecule has 0 fully saturated rings. The van der Waals surface area contributed by atoms with Crippen molar-refractivity contribution < 1.29 is 4.74 Å². The molecular weight excluding hydrogens is 170 g/mol. The highest BCUT2D eigenvalue weighted by atomic mass is 16.5. The minimum Gasteiger partial charge on any atom is -0.478 e. The Bertz CT molecular complexity index is 345. The number of rotatable bonds is 3. The molecule has 0 amide bonds. The summed E-state index contributed by atoms with van der Waals surface area (Å²) in [6.45, 7) is 4.15. The Kier molecular flexibility index (Phi) is 3.05. The fourth-order valence-corrected chi connectivity index (χ4v) is 0.831. The third kappa shape index (κ3) is 2.61. The van der Waals surface area contributed by atoms with Gasteiger partial charge in [-0.3, -0.25) is 0 Å². The van der Waals surface area contributed by atoms with Gasteiger partial charge < -0.3 is 4.74 Å². The van der Waals surface area contributed by atoms with Crippen LogP contribution in [0.3, 0.4) is 0 Å². The number of ether oxygens (including phenoxy) is 1. The minimum atomic E-state index is 0.0888. The zero-order chi connectivity index (χ0) is 9.68. The average Bonchev–Trinajstić information content (AvgIpc) is 2.04. The Morgan fingerprint density at radius 1 is 1.62 bits per heavy atom. The van der Waals surface area contributed by atoms with E-state index in [1.807, 2.05) is 6.92 Å². The zero-order valence-corrected chi connectivity index (χ0v) is 7.43. The number of azide groups is 1. The molecule has 0 aliphatic carbocycles. The Balaban J connectivity index is 3.03. The molecule has 0 atom stereocenters. The van der Waals surface area contributed by atoms with E-state index in [0.717, 1.165) is 0 Å². The van der Waals surface area contributed by atoms with Gasteiger partial charge in [-0.15, -0.1) is 0 Å². The normalized spacial score (nSPS) is 9.08. The van der Waals surface area contributed by atoms with Gasteiger partial charge in [0.2, 0.25) is 11.8 Å². The van der Waals surface area contributed by atoms with Gasteiger partial charge in [0.1, 0.15) is 0 Å². The van der Waals surface area contributed by atoms with Gasteiger partial charge >= 0.3 is 0 Å². The van der Waals surface area contributed by atoms with Crippen LogP contribution in [0.2, 0.25) is 0 Å². The van der Waals surface area contributed by atoms with E-state index in [-0.39, 0.29) is 5.95 Å². The number of nitrogens with zero attached hydrogens (tertiary/aromatic N) is 5. The van der Waals surface area contributed by atoms with Gasteiger partial charge in [-0.1, -0.05) is 0 Å². The van der Waals surface area contributed by atoms with Crippen LogP contribution in [0.1, 0.15) is 12.6 Å². The van der Waals surface area contributed by atoms with Gasteiger partial charge in [0.15, 0.2) is 0 Å². The van der Waals surface area contributed by atoms with E-state index in [9.17, 15) is 0 Å². The molecule has 0 aromatic carbocycles. The van der Waals surface area contributed by atoms with Crippen molar-refractivity contribution in [3.8, 4) is 5.88 Å². The topological polar surface area (TPSA) is 83.8 Å². The quantitative estimate of drug-likeness (QED) is 0.404. The Labute approximate surface area is 75.2 Å². The van der Waals surface area contributed by atoms with E-state index in [1.54, 1.807) is 13.0 Å². The van der Waals surface area contributed by atoms with E-state index in [1.165, 1.54) is 0 Å². The van der Waals surface area contributed by atoms with Crippen LogP contribution in [-0.2, 0) is 0 Å². The molecule has 0 bridgehead atoms. The van der Waals surface area contributed by atoms with Crippen molar-refractivity contribution in [2.75, 3.05) is 6.61 Å². The lowest BCUT2D eigenvalue weighted by Crippen LogP contribution is -1.96. The molecule has 1 heterocycles. The first-order valence-corrected chi connectivity index (χ1v) is 3.80. The van der Waals surface area contributed by atoms with Crippen LogP contribution >= 0.6 is 0 Å². The molecule has 0 saturated heterocycles. The predicted octanol–water partition coefficient (Wildman–Crippen LogP) is 2.13. The van der Waals surface area contributed by atoms with E-state index in [2.05, 4.69) is 20.0 Å². The molecule has 0 N–H and O–H groups in total. The second kappa shape index (κ2) is 4.27. The van der Waals surface area contributed by atoms with E-state index >= 15 is 0 Å². The molecule has 0 aliphatic heterocycles. The molecule has 1 aromatic rings. The van der Waals surface area contributed by atoms with Crippen LogP contribution in [0.25, 0.3) is 10.4 Å². The first-order valence-electron chi connectivity index (χ1n) is 3.80. The minimum absolute atomic E-state index is 0.0888. The first kappa shape index (κ1) is 9.28. The van der Waals surface area contributed by atoms with Crippen molar-refractivity contribution in [2.24, 2.45) is 5.11 Å². The highest BCUT2D eigenvalue weighted by molar-refractivity contribution is 5.24. The zero-order valence-electron chi connectivity index (χ0n) is 7.43. The van der Waals surface area contributed by atoms with Crippen LogP contribution in [0.4, 0.5) is 5.95 Å². The molecule has 13 heavy (non-hydrogen) atoms. The fraction of sp³-hybridized carbons (Fsp3) is 0.429. The summed E-state index contributed by atoms with van der Waals surface area (Å²) < 4.78 is 5.14. The third-order valence-electron chi connectivity index (χ3n) is 1.25. The summed E-state index contributed by atoms with van der Waals surface area (Å²) >= 11 is 0. The molecular formula is C7H9N5O. The molecule has 0 saturated carbocycles. The maximum Gasteiger partial charge on any atom is 0.219 e. The number of hydrogen-bond acceptors (Lipinski definition) is 4. The molecule has 6 heteroatoms. The van der Waals surface area contributed by atoms with Crippen molar-refractivity contribution in [1.82, 2.24) is 9.97 Å². The Morgan fingerprint density at radius 3 is 3.00 bits per heavy atom. The molecule has 6 nitrogen and oxygen atoms in total. The van der Waals surface area contributed by atoms with Gasteiger partial charge in [-0.2, -0.15) is 4.98 Å². The highest BCUT2D eigenvalue weighted by Crippen LogP contribution is 2.13. The van der Waals surface area contributed by atoms with Crippen molar-refractivity contribution in [1.29, 1.82) is 0 Å². The highest BCUT2D eigenvalue weighted by Gasteiger charge is 1.99. The lowest BCUT2D eigenvalue weighted by Gasteiger charge is -2.02. The predicted molar refractivity (Wildman–Crippen MR) is 46.7 cm³/mol. The fourth-order valence-electron chi connectivity index (χ4n) is 0.831. The Hall–Kier alpha value is -1.81. The summed E-state index contributed by atoms with van der Waals surface area (Å²) in [6, 6.07) is 1.68. The van der Waals surface area contributed by atoms with Gasteiger partial charge in [0.25, 0.3) is 0 Å². The maximum atomic E-state index is 8.17. The molecule has 68 valence electrons. The standard InChI is InChI=1S/C7H9N5O/c1-3-13-6-4-5(2)9-7(10-6)11-12-8/h4H,3H2,1-2H3. The van der Waals surface area contributed by atoms with Crippen LogP contribution in [-0.4, -0.2) is 16.6 Å². The monoisotopic (exact) mass is 179 g/mol. The molecule has 0 aliphatic rings. The largest absolute Gasteiger partial charge is 0.478 e. The number of aryl methyl sites for hydroxylation is 1. The summed E-state index contributed by atoms with van der Waals surface area (Å²) in [5.74, 6) is 0.517. The van der Waals surface area contributed by atoms with Crippen LogP contribution in [0.5, 0.6) is 5.88 Å². The summed E-state index contributed by atoms with van der Waals surface area (Å²) in [5, 5.41) is 3.29. The number of aromatic nitrogens is 2. The Morgan fingerprint density at radius 2 is 2.38 bits per heavy atom. The van der Waals surface area contributed by atoms with E-state index in [0.29, 0.717) is 18.2 Å². The smallest absolute Gasteiger partial charge is 0.219 e. The van der Waals surface area contributed by atoms with Crippen LogP contribution < -0.4 is 4.74 Å². The van der Waals surface area contributed by atoms with Gasteiger partial charge in [-0.05, 0) is 24.5 Å². The van der Waals surface area contributed by atoms with Crippen LogP contribution in [0, 0.1) is 6.92 Å². The SMILES string of the molecule is CCOc1cc(C)nc(N=[N+]=[N-])n1. The van der Waals surface area contributed by atoms with Gasteiger partial charge in [-0.25, -0.2) is 4.98 Å². The van der Waals surface area contributed by atoms with Crippen molar-refractivity contribution >= 4 is 5.95 Å². The molecule has 0 radical (unpaired) electrons. The molecule has 1 rings (SSSR count). The molecule has 0 unspecified atom stereocenters. The van der Waals surface area contributed by atoms with Gasteiger partial charge in [0.05, 0.1) is 6.61 Å². The third-order valence-corrected chi connectivity index (χ3v) is 1.25. The second-order valence-corrected chi connectivity index (χ2v) is 2.27.